The Morgan fingerprint density at radius 1 is 0.607 bits per heavy atom. The van der Waals surface area contributed by atoms with Gasteiger partial charge >= 0.3 is 5.97 Å². The van der Waals surface area contributed by atoms with Crippen molar-refractivity contribution in [2.24, 2.45) is 46.8 Å². The molecule has 0 radical (unpaired) electrons. The van der Waals surface area contributed by atoms with Gasteiger partial charge in [-0.2, -0.15) is 11.8 Å². The number of hydrogen-bond acceptors (Lipinski definition) is 19. The van der Waals surface area contributed by atoms with E-state index in [2.05, 4.69) is 63.8 Å². The first-order chi connectivity index (χ1) is 41.9. The van der Waals surface area contributed by atoms with Crippen LogP contribution in [0.4, 0.5) is 0 Å². The number of nitrogens with two attached hydrogens (primary N) is 3. The molecule has 12 amide bonds. The van der Waals surface area contributed by atoms with Crippen molar-refractivity contribution in [1.29, 1.82) is 0 Å². The Bertz CT molecular complexity index is 2340. The van der Waals surface area contributed by atoms with Gasteiger partial charge in [0.2, 0.25) is 70.9 Å². The Labute approximate surface area is 526 Å². The summed E-state index contributed by atoms with van der Waals surface area (Å²) in [6.45, 7) is 16.8. The quantitative estimate of drug-likeness (QED) is 0.0254. The maximum absolute atomic E-state index is 14.3. The minimum atomic E-state index is -1.75. The maximum atomic E-state index is 14.3. The Balaban J connectivity index is 3.33. The Morgan fingerprint density at radius 3 is 1.61 bits per heavy atom. The molecule has 20 N–H and O–H groups in total. The summed E-state index contributed by atoms with van der Waals surface area (Å²) in [7, 11) is 1.39. The topological polar surface area (TPSA) is 488 Å². The smallest absolute Gasteiger partial charge is 0.303 e. The Hall–Kier alpha value is -6.74. The third kappa shape index (κ3) is 29.6. The van der Waals surface area contributed by atoms with Crippen molar-refractivity contribution in [1.82, 2.24) is 68.7 Å². The third-order valence-corrected chi connectivity index (χ3v) is 15.4. The summed E-state index contributed by atoms with van der Waals surface area (Å²) in [6, 6.07) is -12.1. The SMILES string of the molecule is CC[C@H](C)[C@H](NC(=O)C(CCSC)NC(=O)CC(CNCCN)CNCCN)C(=O)N[C@H](C(=O)N[C@H](C(=O)NC(CCC(=O)O)C(=O)N[C@@H](CC(C)C)C(=O)NCC(=O)N[C@H](C(=O)NC(CC(N)=O)C(=O)N1CCC[C@H]1C(=O)NC)[C@@H](C)O)C(C)C)C(C)C. The van der Waals surface area contributed by atoms with E-state index in [0.29, 0.717) is 64.3 Å². The molecule has 0 bridgehead atoms. The number of aliphatic carboxylic acids is 1. The number of amides is 12. The second-order valence-corrected chi connectivity index (χ2v) is 24.5. The monoisotopic (exact) mass is 1280 g/mol. The molecule has 0 spiro atoms. The van der Waals surface area contributed by atoms with Crippen LogP contribution in [-0.4, -0.2) is 224 Å². The molecule has 1 fully saturated rings. The van der Waals surface area contributed by atoms with Gasteiger partial charge < -0.3 is 96.1 Å². The van der Waals surface area contributed by atoms with Crippen LogP contribution in [0.25, 0.3) is 0 Å². The van der Waals surface area contributed by atoms with Crippen molar-refractivity contribution >= 4 is 88.6 Å². The molecule has 508 valence electrons. The van der Waals surface area contributed by atoms with Crippen molar-refractivity contribution in [3.8, 4) is 0 Å². The summed E-state index contributed by atoms with van der Waals surface area (Å²) in [5.41, 5.74) is 16.7. The minimum absolute atomic E-state index is 0.0442. The van der Waals surface area contributed by atoms with Gasteiger partial charge in [-0.3, -0.25) is 62.3 Å². The van der Waals surface area contributed by atoms with E-state index in [-0.39, 0.29) is 43.6 Å². The van der Waals surface area contributed by atoms with Crippen molar-refractivity contribution in [3.63, 3.8) is 0 Å². The highest BCUT2D eigenvalue weighted by Gasteiger charge is 2.41. The molecular formula is C57H104N16O15S. The molecule has 1 heterocycles. The lowest BCUT2D eigenvalue weighted by atomic mass is 9.95. The number of carbonyl (C=O) groups is 13. The van der Waals surface area contributed by atoms with Gasteiger partial charge in [0.25, 0.3) is 0 Å². The molecule has 1 aliphatic heterocycles. The number of primary amides is 1. The van der Waals surface area contributed by atoms with Crippen LogP contribution < -0.4 is 81.0 Å². The molecule has 0 aromatic heterocycles. The molecule has 32 heteroatoms. The number of nitrogens with one attached hydrogen (secondary N) is 12. The first-order valence-corrected chi connectivity index (χ1v) is 32.0. The number of rotatable bonds is 44. The molecule has 1 saturated heterocycles. The Morgan fingerprint density at radius 2 is 1.11 bits per heavy atom. The normalized spacial score (nSPS) is 16.5. The summed E-state index contributed by atoms with van der Waals surface area (Å²) in [5.74, 6) is -12.7. The van der Waals surface area contributed by atoms with Crippen molar-refractivity contribution < 1.29 is 72.5 Å². The molecule has 89 heavy (non-hydrogen) atoms. The summed E-state index contributed by atoms with van der Waals surface area (Å²) < 4.78 is 0. The first-order valence-electron chi connectivity index (χ1n) is 30.6. The van der Waals surface area contributed by atoms with E-state index in [1.54, 1.807) is 48.5 Å². The van der Waals surface area contributed by atoms with Crippen LogP contribution in [0.1, 0.15) is 120 Å². The van der Waals surface area contributed by atoms with E-state index < -0.39 is 175 Å². The molecule has 0 aromatic rings. The van der Waals surface area contributed by atoms with E-state index in [0.717, 1.165) is 6.92 Å². The highest BCUT2D eigenvalue weighted by molar-refractivity contribution is 7.98. The van der Waals surface area contributed by atoms with Crippen LogP contribution in [0, 0.1) is 29.6 Å². The number of carbonyl (C=O) groups excluding carboxylic acids is 12. The zero-order valence-corrected chi connectivity index (χ0v) is 54.5. The molecular weight excluding hydrogens is 1180 g/mol. The van der Waals surface area contributed by atoms with Crippen LogP contribution in [0.2, 0.25) is 0 Å². The zero-order chi connectivity index (χ0) is 67.7. The van der Waals surface area contributed by atoms with E-state index in [1.807, 2.05) is 13.2 Å². The molecule has 3 unspecified atom stereocenters. The first kappa shape index (κ1) is 80.3. The highest BCUT2D eigenvalue weighted by atomic mass is 32.2. The molecule has 1 aliphatic rings. The minimum Gasteiger partial charge on any atom is -0.481 e. The molecule has 11 atom stereocenters. The van der Waals surface area contributed by atoms with E-state index in [4.69, 9.17) is 17.2 Å². The highest BCUT2D eigenvalue weighted by Crippen LogP contribution is 2.20. The summed E-state index contributed by atoms with van der Waals surface area (Å²) in [6.07, 6.45) is -0.0749. The Kier molecular flexibility index (Phi) is 38.1. The number of carboxylic acid groups (broad SMARTS) is 1. The lowest BCUT2D eigenvalue weighted by Crippen LogP contribution is -2.62. The van der Waals surface area contributed by atoms with Crippen LogP contribution in [0.3, 0.4) is 0 Å². The van der Waals surface area contributed by atoms with Crippen molar-refractivity contribution in [3.05, 3.63) is 0 Å². The van der Waals surface area contributed by atoms with Crippen LogP contribution in [0.5, 0.6) is 0 Å². The lowest BCUT2D eigenvalue weighted by Gasteiger charge is -2.31. The van der Waals surface area contributed by atoms with Gasteiger partial charge in [0, 0.05) is 52.6 Å². The van der Waals surface area contributed by atoms with Crippen LogP contribution >= 0.6 is 11.8 Å². The van der Waals surface area contributed by atoms with Crippen molar-refractivity contribution in [2.75, 3.05) is 71.4 Å². The fraction of sp³-hybridized carbons (Fsp3) is 0.772. The second-order valence-electron chi connectivity index (χ2n) is 23.5. The second kappa shape index (κ2) is 42.3. The fourth-order valence-corrected chi connectivity index (χ4v) is 10.1. The summed E-state index contributed by atoms with van der Waals surface area (Å²) in [4.78, 5) is 176. The number of aliphatic hydroxyl groups is 1. The summed E-state index contributed by atoms with van der Waals surface area (Å²) in [5, 5.41) is 52.2. The van der Waals surface area contributed by atoms with Gasteiger partial charge in [0.15, 0.2) is 0 Å². The number of aliphatic hydroxyl groups excluding tert-OH is 1. The van der Waals surface area contributed by atoms with Gasteiger partial charge in [0.05, 0.1) is 19.1 Å². The lowest BCUT2D eigenvalue weighted by molar-refractivity contribution is -0.143. The predicted molar refractivity (Wildman–Crippen MR) is 333 cm³/mol. The molecule has 0 aromatic carbocycles. The largest absolute Gasteiger partial charge is 0.481 e. The standard InChI is InChI=1S/C57H104N16O15S/c1-12-33(8)47(72-51(82)37(17-23-89-11)65-42(76)25-35(27-62-20-18-58)28-63-21-19-59)55(86)71-46(32(6)7)54(85)70-45(31(4)5)53(84)66-36(15-16-44(78)79)50(81)67-38(24-30(2)3)49(80)64-29-43(77)69-48(34(9)74)56(87)68-39(26-41(60)75)57(88)73-22-13-14-40(73)52(83)61-10/h30-40,45-48,62-63,74H,12-29,58-59H2,1-11H3,(H2,60,75)(H,61,83)(H,64,80)(H,65,76)(H,66,84)(H,67,81)(H,68,87)(H,69,77)(H,70,85)(H,71,86)(H,72,82)(H,78,79)/t33-,34+,36?,37?,38-,39?,40-,45-,46-,47-,48-/m0/s1. The molecule has 1 rings (SSSR count). The van der Waals surface area contributed by atoms with Crippen LogP contribution in [-0.2, 0) is 62.3 Å². The van der Waals surface area contributed by atoms with E-state index in [9.17, 15) is 72.5 Å². The van der Waals surface area contributed by atoms with Gasteiger partial charge in [-0.1, -0.05) is 61.8 Å². The van der Waals surface area contributed by atoms with Gasteiger partial charge in [0.1, 0.15) is 54.4 Å². The number of carboxylic acids is 1. The molecule has 31 nitrogen and oxygen atoms in total. The number of hydrogen-bond donors (Lipinski definition) is 17. The average molecular weight is 1290 g/mol. The zero-order valence-electron chi connectivity index (χ0n) is 53.7. The number of thioether (sulfide) groups is 1. The van der Waals surface area contributed by atoms with Crippen molar-refractivity contribution in [2.45, 2.75) is 181 Å². The maximum Gasteiger partial charge on any atom is 0.303 e. The summed E-state index contributed by atoms with van der Waals surface area (Å²) >= 11 is 1.47. The number of nitrogens with zero attached hydrogens (tertiary/aromatic N) is 1. The average Bonchev–Trinajstić information content (AvgIpc) is 4.14. The van der Waals surface area contributed by atoms with Crippen LogP contribution in [0.15, 0.2) is 0 Å². The third-order valence-electron chi connectivity index (χ3n) is 14.8. The van der Waals surface area contributed by atoms with Gasteiger partial charge in [-0.25, -0.2) is 0 Å². The van der Waals surface area contributed by atoms with E-state index in [1.165, 1.54) is 23.7 Å². The van der Waals surface area contributed by atoms with Gasteiger partial charge in [-0.05, 0) is 93.7 Å². The molecule has 0 saturated carbocycles. The molecule has 0 aliphatic carbocycles. The van der Waals surface area contributed by atoms with Gasteiger partial charge in [-0.15, -0.1) is 0 Å². The predicted octanol–water partition coefficient (Wildman–Crippen LogP) is -4.90. The number of likely N-dealkylation sites (N-methyl/N-ethyl adjacent to an activating group) is 1. The number of likely N-dealkylation sites (tertiary alicyclic amines) is 1. The fourth-order valence-electron chi connectivity index (χ4n) is 9.59. The van der Waals surface area contributed by atoms with E-state index >= 15 is 0 Å².